The summed E-state index contributed by atoms with van der Waals surface area (Å²) < 4.78 is 5.27. The Morgan fingerprint density at radius 2 is 1.52 bits per heavy atom. The summed E-state index contributed by atoms with van der Waals surface area (Å²) in [6, 6.07) is 10.5. The van der Waals surface area contributed by atoms with Gasteiger partial charge in [-0.25, -0.2) is 0 Å². The molecule has 7 heteroatoms. The summed E-state index contributed by atoms with van der Waals surface area (Å²) in [4.78, 5) is 4.36. The second kappa shape index (κ2) is 7.10. The van der Waals surface area contributed by atoms with Crippen LogP contribution < -0.4 is 0 Å². The Morgan fingerprint density at radius 1 is 0.826 bits per heavy atom. The van der Waals surface area contributed by atoms with E-state index in [9.17, 15) is 0 Å². The van der Waals surface area contributed by atoms with Gasteiger partial charge in [-0.1, -0.05) is 57.6 Å². The number of aromatic nitrogens is 2. The van der Waals surface area contributed by atoms with E-state index in [1.165, 1.54) is 0 Å². The first kappa shape index (κ1) is 16.6. The van der Waals surface area contributed by atoms with Crippen LogP contribution in [0.5, 0.6) is 0 Å². The van der Waals surface area contributed by atoms with Gasteiger partial charge in [0.1, 0.15) is 0 Å². The molecule has 0 bridgehead atoms. The quantitative estimate of drug-likeness (QED) is 0.539. The Kier molecular flexibility index (Phi) is 5.12. The smallest absolute Gasteiger partial charge is 0.227 e. The summed E-state index contributed by atoms with van der Waals surface area (Å²) in [5.74, 6) is 0.945. The van der Waals surface area contributed by atoms with Crippen LogP contribution in [-0.2, 0) is 12.8 Å². The molecule has 0 saturated carbocycles. The highest BCUT2D eigenvalue weighted by Gasteiger charge is 2.13. The van der Waals surface area contributed by atoms with Gasteiger partial charge < -0.3 is 4.52 Å². The van der Waals surface area contributed by atoms with E-state index >= 15 is 0 Å². The van der Waals surface area contributed by atoms with Crippen LogP contribution in [-0.4, -0.2) is 10.1 Å². The summed E-state index contributed by atoms with van der Waals surface area (Å²) in [6.45, 7) is 0. The largest absolute Gasteiger partial charge is 0.339 e. The van der Waals surface area contributed by atoms with Crippen molar-refractivity contribution in [2.75, 3.05) is 0 Å². The van der Waals surface area contributed by atoms with Crippen molar-refractivity contribution < 1.29 is 4.52 Å². The van der Waals surface area contributed by atoms with E-state index in [0.29, 0.717) is 50.2 Å². The van der Waals surface area contributed by atoms with Gasteiger partial charge in [-0.05, 0) is 42.3 Å². The number of benzene rings is 2. The number of aryl methyl sites for hydroxylation is 2. The van der Waals surface area contributed by atoms with Crippen molar-refractivity contribution in [2.45, 2.75) is 12.8 Å². The van der Waals surface area contributed by atoms with Crippen molar-refractivity contribution in [1.29, 1.82) is 0 Å². The molecule has 0 aliphatic heterocycles. The predicted molar refractivity (Wildman–Crippen MR) is 93.6 cm³/mol. The molecule has 118 valence electrons. The molecule has 0 spiro atoms. The summed E-state index contributed by atoms with van der Waals surface area (Å²) in [7, 11) is 0. The van der Waals surface area contributed by atoms with Gasteiger partial charge in [0.25, 0.3) is 0 Å². The fraction of sp³-hybridized carbons (Fsp3) is 0.125. The molecule has 0 radical (unpaired) electrons. The third kappa shape index (κ3) is 3.99. The standard InChI is InChI=1S/C16H10Cl4N2O/c17-10-3-1-9(13(19)7-10)2-6-15-21-16(22-23-15)12-5-4-11(18)8-14(12)20/h1,3-5,7-8H,2,6H2. The lowest BCUT2D eigenvalue weighted by molar-refractivity contribution is 0.379. The molecule has 3 aromatic rings. The van der Waals surface area contributed by atoms with Gasteiger partial charge in [-0.2, -0.15) is 4.98 Å². The summed E-state index contributed by atoms with van der Waals surface area (Å²) in [5, 5.41) is 6.22. The molecule has 0 saturated heterocycles. The van der Waals surface area contributed by atoms with Crippen LogP contribution in [0.25, 0.3) is 11.4 Å². The van der Waals surface area contributed by atoms with E-state index in [4.69, 9.17) is 50.9 Å². The van der Waals surface area contributed by atoms with E-state index in [-0.39, 0.29) is 0 Å². The van der Waals surface area contributed by atoms with Crippen molar-refractivity contribution >= 4 is 46.4 Å². The Bertz CT molecular complexity index is 848. The zero-order chi connectivity index (χ0) is 16.4. The number of hydrogen-bond acceptors (Lipinski definition) is 3. The zero-order valence-corrected chi connectivity index (χ0v) is 14.7. The Morgan fingerprint density at radius 3 is 2.22 bits per heavy atom. The molecule has 1 aromatic heterocycles. The zero-order valence-electron chi connectivity index (χ0n) is 11.7. The van der Waals surface area contributed by atoms with Crippen LogP contribution in [0.1, 0.15) is 11.5 Å². The molecule has 23 heavy (non-hydrogen) atoms. The Labute approximate surface area is 153 Å². The lowest BCUT2D eigenvalue weighted by atomic mass is 10.1. The molecule has 0 aliphatic carbocycles. The summed E-state index contributed by atoms with van der Waals surface area (Å²) >= 11 is 24.1. The molecule has 1 heterocycles. The molecule has 2 aromatic carbocycles. The van der Waals surface area contributed by atoms with Crippen LogP contribution in [0, 0.1) is 0 Å². The van der Waals surface area contributed by atoms with Gasteiger partial charge in [0.05, 0.1) is 5.02 Å². The van der Waals surface area contributed by atoms with Crippen molar-refractivity contribution in [1.82, 2.24) is 10.1 Å². The highest BCUT2D eigenvalue weighted by Crippen LogP contribution is 2.28. The average Bonchev–Trinajstić information content (AvgIpc) is 2.95. The predicted octanol–water partition coefficient (Wildman–Crippen LogP) is 6.14. The lowest BCUT2D eigenvalue weighted by Gasteiger charge is -2.02. The summed E-state index contributed by atoms with van der Waals surface area (Å²) in [5.41, 5.74) is 1.65. The minimum absolute atomic E-state index is 0.434. The topological polar surface area (TPSA) is 38.9 Å². The normalized spacial score (nSPS) is 11.0. The minimum Gasteiger partial charge on any atom is -0.339 e. The van der Waals surface area contributed by atoms with Crippen molar-refractivity contribution in [3.05, 3.63) is 67.9 Å². The maximum atomic E-state index is 6.15. The van der Waals surface area contributed by atoms with Crippen LogP contribution in [0.2, 0.25) is 20.1 Å². The minimum atomic E-state index is 0.434. The third-order valence-electron chi connectivity index (χ3n) is 3.26. The molecule has 3 rings (SSSR count). The van der Waals surface area contributed by atoms with Gasteiger partial charge in [0.2, 0.25) is 11.7 Å². The first-order valence-corrected chi connectivity index (χ1v) is 8.26. The van der Waals surface area contributed by atoms with Gasteiger partial charge in [0, 0.05) is 27.1 Å². The van der Waals surface area contributed by atoms with E-state index in [0.717, 1.165) is 5.56 Å². The van der Waals surface area contributed by atoms with Crippen LogP contribution >= 0.6 is 46.4 Å². The van der Waals surface area contributed by atoms with Crippen molar-refractivity contribution in [3.8, 4) is 11.4 Å². The van der Waals surface area contributed by atoms with E-state index in [2.05, 4.69) is 10.1 Å². The van der Waals surface area contributed by atoms with Gasteiger partial charge in [0.15, 0.2) is 0 Å². The van der Waals surface area contributed by atoms with Crippen LogP contribution in [0.15, 0.2) is 40.9 Å². The maximum absolute atomic E-state index is 6.15. The fourth-order valence-electron chi connectivity index (χ4n) is 2.10. The Hall–Kier alpha value is -1.26. The van der Waals surface area contributed by atoms with E-state index < -0.39 is 0 Å². The lowest BCUT2D eigenvalue weighted by Crippen LogP contribution is -1.93. The van der Waals surface area contributed by atoms with E-state index in [1.54, 1.807) is 30.3 Å². The number of halogens is 4. The third-order valence-corrected chi connectivity index (χ3v) is 4.40. The van der Waals surface area contributed by atoms with E-state index in [1.807, 2.05) is 6.07 Å². The highest BCUT2D eigenvalue weighted by atomic mass is 35.5. The van der Waals surface area contributed by atoms with Crippen molar-refractivity contribution in [2.24, 2.45) is 0 Å². The van der Waals surface area contributed by atoms with Crippen molar-refractivity contribution in [3.63, 3.8) is 0 Å². The molecule has 0 atom stereocenters. The molecule has 0 aliphatic rings. The van der Waals surface area contributed by atoms with Crippen LogP contribution in [0.4, 0.5) is 0 Å². The second-order valence-electron chi connectivity index (χ2n) is 4.87. The molecule has 3 nitrogen and oxygen atoms in total. The maximum Gasteiger partial charge on any atom is 0.227 e. The first-order chi connectivity index (χ1) is 11.0. The fourth-order valence-corrected chi connectivity index (χ4v) is 3.10. The van der Waals surface area contributed by atoms with Gasteiger partial charge >= 0.3 is 0 Å². The monoisotopic (exact) mass is 386 g/mol. The van der Waals surface area contributed by atoms with Crippen LogP contribution in [0.3, 0.4) is 0 Å². The average molecular weight is 388 g/mol. The molecular formula is C16H10Cl4N2O. The summed E-state index contributed by atoms with van der Waals surface area (Å²) in [6.07, 6.45) is 1.24. The van der Waals surface area contributed by atoms with Gasteiger partial charge in [-0.15, -0.1) is 0 Å². The molecular weight excluding hydrogens is 378 g/mol. The second-order valence-corrected chi connectivity index (χ2v) is 6.56. The number of rotatable bonds is 4. The highest BCUT2D eigenvalue weighted by molar-refractivity contribution is 6.36. The molecule has 0 fully saturated rings. The molecule has 0 unspecified atom stereocenters. The molecule has 0 amide bonds. The number of hydrogen-bond donors (Lipinski definition) is 0. The first-order valence-electron chi connectivity index (χ1n) is 6.75. The SMILES string of the molecule is Clc1ccc(CCc2nc(-c3ccc(Cl)cc3Cl)no2)c(Cl)c1. The van der Waals surface area contributed by atoms with Gasteiger partial charge in [-0.3, -0.25) is 0 Å². The Balaban J connectivity index is 1.74. The number of nitrogens with zero attached hydrogens (tertiary/aromatic N) is 2. The molecule has 0 N–H and O–H groups in total.